The van der Waals surface area contributed by atoms with Gasteiger partial charge < -0.3 is 33.2 Å². The van der Waals surface area contributed by atoms with Gasteiger partial charge in [0.25, 0.3) is 0 Å². The van der Waals surface area contributed by atoms with Crippen LogP contribution in [0.15, 0.2) is 240 Å². The smallest absolute Gasteiger partial charge is 0.200 e. The van der Waals surface area contributed by atoms with Gasteiger partial charge in [0.2, 0.25) is 5.43 Å². The van der Waals surface area contributed by atoms with Crippen molar-refractivity contribution in [3.8, 4) is 46.0 Å². The lowest BCUT2D eigenvalue weighted by Crippen LogP contribution is -2.43. The molecule has 0 N–H and O–H groups in total. The fourth-order valence-corrected chi connectivity index (χ4v) is 17.3. The Kier molecular flexibility index (Phi) is 16.0. The van der Waals surface area contributed by atoms with Crippen molar-refractivity contribution >= 4 is 109 Å². The number of benzene rings is 10. The standard InChI is InChI=1S/C73H74N2O6Si4/c1-82(2,3)69-35-23-19-31-63(69)74(64-32-20-24-36-70(64)83(4,5)6)51-43-57(77-53-27-15-13-16-28-53)47-59(45-51)79-55-39-41-61-67(49-55)81-68-50-56(40-42-62(68)73(61)76)80-60-46-52(44-58(48-60)78-54-29-17-14-18-30-54)75(65-33-21-25-37-71(65)84(7,8)9)66-34-22-26-38-72(66)85(10,11)12/h13-50H,1-12H3. The van der Waals surface area contributed by atoms with Crippen LogP contribution in [-0.4, -0.2) is 32.3 Å². The SMILES string of the molecule is C[Si](C)(C)c1ccccc1N(c1cc(Oc2ccccc2)cc(Oc2ccc3c(=O)c4ccc(Oc5cc(Oc6ccccc6)cc(N(c6ccccc6[Si](C)(C)C)c6ccccc6[Si](C)(C)C)c5)cc4oc3c2)c1)c1ccccc1[Si](C)(C)C. The van der Waals surface area contributed by atoms with Gasteiger partial charge in [-0.1, -0.05) is 188 Å². The predicted octanol–water partition coefficient (Wildman–Crippen LogP) is 19.2. The maximum absolute atomic E-state index is 14.5. The molecule has 0 bridgehead atoms. The summed E-state index contributed by atoms with van der Waals surface area (Å²) in [5.74, 6) is 4.68. The molecule has 8 nitrogen and oxygen atoms in total. The van der Waals surface area contributed by atoms with Crippen LogP contribution in [-0.2, 0) is 0 Å². The molecule has 0 radical (unpaired) electrons. The quantitative estimate of drug-likeness (QED) is 0.0621. The van der Waals surface area contributed by atoms with Gasteiger partial charge in [-0.15, -0.1) is 0 Å². The van der Waals surface area contributed by atoms with Gasteiger partial charge in [0, 0.05) is 71.3 Å². The van der Waals surface area contributed by atoms with Crippen LogP contribution in [0.2, 0.25) is 78.6 Å². The summed E-state index contributed by atoms with van der Waals surface area (Å²) >= 11 is 0. The van der Waals surface area contributed by atoms with Crippen LogP contribution in [0.25, 0.3) is 21.9 Å². The van der Waals surface area contributed by atoms with Crippen molar-refractivity contribution in [2.45, 2.75) is 78.6 Å². The summed E-state index contributed by atoms with van der Waals surface area (Å²) in [6.07, 6.45) is 0. The van der Waals surface area contributed by atoms with E-state index in [0.29, 0.717) is 67.9 Å². The Morgan fingerprint density at radius 3 is 0.847 bits per heavy atom. The number of para-hydroxylation sites is 6. The Hall–Kier alpha value is -8.66. The van der Waals surface area contributed by atoms with E-state index in [-0.39, 0.29) is 5.43 Å². The molecule has 0 unspecified atom stereocenters. The molecule has 11 rings (SSSR count). The summed E-state index contributed by atoms with van der Waals surface area (Å²) in [6, 6.07) is 77.7. The highest BCUT2D eigenvalue weighted by molar-refractivity contribution is 6.91. The van der Waals surface area contributed by atoms with Crippen LogP contribution >= 0.6 is 0 Å². The van der Waals surface area contributed by atoms with Crippen LogP contribution in [0, 0.1) is 0 Å². The third kappa shape index (κ3) is 12.9. The second-order valence-electron chi connectivity index (χ2n) is 25.8. The molecule has 1 aromatic heterocycles. The summed E-state index contributed by atoms with van der Waals surface area (Å²) < 4.78 is 33.8. The van der Waals surface area contributed by atoms with Crippen molar-refractivity contribution < 1.29 is 23.4 Å². The minimum atomic E-state index is -1.89. The summed E-state index contributed by atoms with van der Waals surface area (Å²) in [5, 5.41) is 6.20. The van der Waals surface area contributed by atoms with Crippen LogP contribution < -0.4 is 54.9 Å². The van der Waals surface area contributed by atoms with E-state index in [2.05, 4.69) is 210 Å². The molecule has 11 aromatic rings. The van der Waals surface area contributed by atoms with E-state index in [1.54, 1.807) is 24.3 Å². The zero-order valence-electron chi connectivity index (χ0n) is 50.8. The Morgan fingerprint density at radius 2 is 0.553 bits per heavy atom. The molecule has 12 heteroatoms. The number of ether oxygens (including phenoxy) is 4. The maximum atomic E-state index is 14.5. The average Bonchev–Trinajstić information content (AvgIpc) is 1.26. The Labute approximate surface area is 504 Å². The number of nitrogens with zero attached hydrogens (tertiary/aromatic N) is 2. The molecule has 85 heavy (non-hydrogen) atoms. The van der Waals surface area contributed by atoms with E-state index >= 15 is 0 Å². The number of hydrogen-bond acceptors (Lipinski definition) is 8. The lowest BCUT2D eigenvalue weighted by atomic mass is 10.1. The van der Waals surface area contributed by atoms with Gasteiger partial charge in [-0.05, 0) is 93.5 Å². The molecule has 0 atom stereocenters. The number of fused-ring (bicyclic) bond motifs is 2. The first-order valence-corrected chi connectivity index (χ1v) is 43.2. The van der Waals surface area contributed by atoms with Crippen LogP contribution in [0.5, 0.6) is 46.0 Å². The molecule has 0 saturated carbocycles. The van der Waals surface area contributed by atoms with E-state index in [9.17, 15) is 4.79 Å². The van der Waals surface area contributed by atoms with Gasteiger partial charge in [0.15, 0.2) is 0 Å². The molecule has 428 valence electrons. The summed E-state index contributed by atoms with van der Waals surface area (Å²) in [6.45, 7) is 28.7. The largest absolute Gasteiger partial charge is 0.457 e. The molecular weight excluding hydrogens is 1110 g/mol. The van der Waals surface area contributed by atoms with Gasteiger partial charge in [-0.3, -0.25) is 4.79 Å². The lowest BCUT2D eigenvalue weighted by molar-refractivity contribution is 0.460. The zero-order chi connectivity index (χ0) is 59.8. The summed E-state index contributed by atoms with van der Waals surface area (Å²) in [4.78, 5) is 19.2. The predicted molar refractivity (Wildman–Crippen MR) is 367 cm³/mol. The third-order valence-corrected chi connectivity index (χ3v) is 23.3. The molecule has 0 amide bonds. The van der Waals surface area contributed by atoms with Gasteiger partial charge in [0.05, 0.1) is 54.4 Å². The lowest BCUT2D eigenvalue weighted by Gasteiger charge is -2.35. The van der Waals surface area contributed by atoms with E-state index in [0.717, 1.165) is 34.1 Å². The van der Waals surface area contributed by atoms with Crippen molar-refractivity contribution in [1.29, 1.82) is 0 Å². The summed E-state index contributed by atoms with van der Waals surface area (Å²) in [7, 11) is -7.58. The van der Waals surface area contributed by atoms with E-state index in [1.165, 1.54) is 20.7 Å². The Balaban J connectivity index is 1.00. The molecule has 1 heterocycles. The first kappa shape index (κ1) is 58.1. The molecular formula is C73H74N2O6Si4. The van der Waals surface area contributed by atoms with Crippen molar-refractivity contribution in [1.82, 2.24) is 0 Å². The van der Waals surface area contributed by atoms with Crippen molar-refractivity contribution in [3.05, 3.63) is 241 Å². The van der Waals surface area contributed by atoms with Gasteiger partial charge in [-0.2, -0.15) is 0 Å². The van der Waals surface area contributed by atoms with Crippen LogP contribution in [0.4, 0.5) is 34.1 Å². The van der Waals surface area contributed by atoms with E-state index in [1.807, 2.05) is 84.9 Å². The number of hydrogen-bond donors (Lipinski definition) is 0. The van der Waals surface area contributed by atoms with Crippen LogP contribution in [0.1, 0.15) is 0 Å². The molecule has 10 aromatic carbocycles. The highest BCUT2D eigenvalue weighted by atomic mass is 28.3. The molecule has 0 spiro atoms. The highest BCUT2D eigenvalue weighted by Gasteiger charge is 2.32. The first-order chi connectivity index (χ1) is 40.5. The van der Waals surface area contributed by atoms with Crippen molar-refractivity contribution in [2.75, 3.05) is 9.80 Å². The molecule has 0 aliphatic heterocycles. The van der Waals surface area contributed by atoms with Gasteiger partial charge in [-0.25, -0.2) is 0 Å². The number of rotatable bonds is 18. The first-order valence-electron chi connectivity index (χ1n) is 29.2. The normalized spacial score (nSPS) is 12.0. The fraction of sp³-hybridized carbons (Fsp3) is 0.164. The molecule has 0 aliphatic carbocycles. The second-order valence-corrected chi connectivity index (χ2v) is 46.0. The Bertz CT molecular complexity index is 3910. The number of anilines is 6. The van der Waals surface area contributed by atoms with Crippen LogP contribution in [0.3, 0.4) is 0 Å². The minimum absolute atomic E-state index is 0.161. The fourth-order valence-electron chi connectivity index (χ4n) is 11.1. The topological polar surface area (TPSA) is 73.6 Å². The molecule has 0 fully saturated rings. The highest BCUT2D eigenvalue weighted by Crippen LogP contribution is 2.44. The van der Waals surface area contributed by atoms with E-state index in [4.69, 9.17) is 23.4 Å². The van der Waals surface area contributed by atoms with Crippen molar-refractivity contribution in [2.24, 2.45) is 0 Å². The average molecular weight is 1190 g/mol. The van der Waals surface area contributed by atoms with Crippen molar-refractivity contribution in [3.63, 3.8) is 0 Å². The summed E-state index contributed by atoms with van der Waals surface area (Å²) in [5.41, 5.74) is 6.85. The molecule has 0 saturated heterocycles. The third-order valence-electron chi connectivity index (χ3n) is 15.1. The minimum Gasteiger partial charge on any atom is -0.457 e. The maximum Gasteiger partial charge on any atom is 0.200 e. The zero-order valence-corrected chi connectivity index (χ0v) is 54.8. The van der Waals surface area contributed by atoms with Gasteiger partial charge in [0.1, 0.15) is 57.2 Å². The second kappa shape index (κ2) is 23.4. The van der Waals surface area contributed by atoms with E-state index < -0.39 is 32.3 Å². The molecule has 0 aliphatic rings. The monoisotopic (exact) mass is 1190 g/mol. The van der Waals surface area contributed by atoms with Gasteiger partial charge >= 0.3 is 0 Å². The Morgan fingerprint density at radius 1 is 0.282 bits per heavy atom.